The van der Waals surface area contributed by atoms with Gasteiger partial charge in [-0.15, -0.1) is 0 Å². The van der Waals surface area contributed by atoms with Crippen molar-refractivity contribution in [2.45, 2.75) is 43.9 Å². The van der Waals surface area contributed by atoms with Gasteiger partial charge in [-0.1, -0.05) is 78.9 Å². The van der Waals surface area contributed by atoms with E-state index in [4.69, 9.17) is 23.4 Å². The lowest BCUT2D eigenvalue weighted by atomic mass is 9.98. The van der Waals surface area contributed by atoms with Gasteiger partial charge < -0.3 is 49.1 Å². The van der Waals surface area contributed by atoms with Crippen molar-refractivity contribution in [2.75, 3.05) is 5.32 Å². The standard InChI is InChI=1S/C41H35NO11/c43-29-20-30(26-16-18-28(19-17-26)49-22-24-10-4-1-5-11-24)51-31-21-32(38(34(44)33(29)31)50-23-25-12-6-2-7-13-25)52-41-37(47)35(45)36(46)39(53-41)40(48)42-27-14-8-3-9-15-27/h1-21,35-37,39,41,44-47H,22-23H2,(H,42,48). The first-order valence-electron chi connectivity index (χ1n) is 16.7. The van der Waals surface area contributed by atoms with Crippen molar-refractivity contribution in [2.24, 2.45) is 0 Å². The maximum Gasteiger partial charge on any atom is 0.256 e. The summed E-state index contributed by atoms with van der Waals surface area (Å²) in [6.45, 7) is 0.311. The second-order valence-corrected chi connectivity index (χ2v) is 12.3. The van der Waals surface area contributed by atoms with E-state index in [9.17, 15) is 30.0 Å². The minimum Gasteiger partial charge on any atom is -0.504 e. The van der Waals surface area contributed by atoms with Gasteiger partial charge in [0, 0.05) is 23.4 Å². The van der Waals surface area contributed by atoms with E-state index in [1.807, 2.05) is 36.4 Å². The lowest BCUT2D eigenvalue weighted by molar-refractivity contribution is -0.265. The Morgan fingerprint density at radius 1 is 0.717 bits per heavy atom. The Labute approximate surface area is 303 Å². The molecule has 5 aromatic carbocycles. The van der Waals surface area contributed by atoms with Gasteiger partial charge in [-0.25, -0.2) is 0 Å². The average molecular weight is 718 g/mol. The number of anilines is 1. The van der Waals surface area contributed by atoms with E-state index < -0.39 is 47.8 Å². The van der Waals surface area contributed by atoms with E-state index in [-0.39, 0.29) is 34.8 Å². The number of para-hydroxylation sites is 1. The molecule has 7 rings (SSSR count). The normalized spacial score (nSPS) is 19.7. The minimum absolute atomic E-state index is 0.0596. The van der Waals surface area contributed by atoms with Gasteiger partial charge in [0.05, 0.1) is 0 Å². The lowest BCUT2D eigenvalue weighted by Gasteiger charge is -2.39. The number of hydrogen-bond donors (Lipinski definition) is 5. The summed E-state index contributed by atoms with van der Waals surface area (Å²) in [5.74, 6) is -1.18. The molecular weight excluding hydrogens is 682 g/mol. The summed E-state index contributed by atoms with van der Waals surface area (Å²) < 4.78 is 29.7. The predicted molar refractivity (Wildman–Crippen MR) is 194 cm³/mol. The van der Waals surface area contributed by atoms with Crippen LogP contribution < -0.4 is 25.0 Å². The topological polar surface area (TPSA) is 177 Å². The van der Waals surface area contributed by atoms with Crippen LogP contribution in [-0.4, -0.2) is 57.0 Å². The monoisotopic (exact) mass is 717 g/mol. The minimum atomic E-state index is -1.87. The summed E-state index contributed by atoms with van der Waals surface area (Å²) in [5, 5.41) is 46.2. The van der Waals surface area contributed by atoms with Crippen molar-refractivity contribution in [3.05, 3.63) is 149 Å². The lowest BCUT2D eigenvalue weighted by Crippen LogP contribution is -2.62. The van der Waals surface area contributed by atoms with Gasteiger partial charge in [0.2, 0.25) is 12.0 Å². The van der Waals surface area contributed by atoms with Crippen LogP contribution in [0.3, 0.4) is 0 Å². The third-order valence-electron chi connectivity index (χ3n) is 8.64. The summed E-state index contributed by atoms with van der Waals surface area (Å²) in [4.78, 5) is 26.7. The summed E-state index contributed by atoms with van der Waals surface area (Å²) in [6, 6.07) is 36.5. The zero-order valence-corrected chi connectivity index (χ0v) is 28.1. The molecule has 270 valence electrons. The van der Waals surface area contributed by atoms with Crippen molar-refractivity contribution in [3.8, 4) is 34.3 Å². The number of carbonyl (C=O) groups is 1. The number of rotatable bonds is 11. The Balaban J connectivity index is 1.21. The molecule has 12 heteroatoms. The van der Waals surface area contributed by atoms with Crippen LogP contribution in [-0.2, 0) is 22.7 Å². The second kappa shape index (κ2) is 15.6. The predicted octanol–water partition coefficient (Wildman–Crippen LogP) is 5.15. The molecule has 0 radical (unpaired) electrons. The first-order chi connectivity index (χ1) is 25.7. The molecule has 5 unspecified atom stereocenters. The molecule has 0 saturated carbocycles. The Morgan fingerprint density at radius 2 is 1.32 bits per heavy atom. The van der Waals surface area contributed by atoms with Crippen LogP contribution >= 0.6 is 0 Å². The zero-order chi connectivity index (χ0) is 36.9. The van der Waals surface area contributed by atoms with E-state index in [2.05, 4.69) is 5.32 Å². The van der Waals surface area contributed by atoms with E-state index in [0.29, 0.717) is 23.6 Å². The molecule has 6 aromatic rings. The summed E-state index contributed by atoms with van der Waals surface area (Å²) in [7, 11) is 0. The fourth-order valence-corrected chi connectivity index (χ4v) is 5.84. The number of hydrogen-bond acceptors (Lipinski definition) is 11. The van der Waals surface area contributed by atoms with Crippen LogP contribution in [0.15, 0.2) is 137 Å². The number of phenolic OH excluding ortho intramolecular Hbond substituents is 1. The van der Waals surface area contributed by atoms with Crippen molar-refractivity contribution >= 4 is 22.6 Å². The van der Waals surface area contributed by atoms with Crippen molar-refractivity contribution in [3.63, 3.8) is 0 Å². The Bertz CT molecular complexity index is 2230. The van der Waals surface area contributed by atoms with Gasteiger partial charge >= 0.3 is 0 Å². The smallest absolute Gasteiger partial charge is 0.256 e. The Morgan fingerprint density at radius 3 is 1.96 bits per heavy atom. The molecule has 12 nitrogen and oxygen atoms in total. The first kappa shape index (κ1) is 35.2. The number of carbonyl (C=O) groups excluding carboxylic acids is 1. The summed E-state index contributed by atoms with van der Waals surface area (Å²) in [5.41, 5.74) is 2.00. The summed E-state index contributed by atoms with van der Waals surface area (Å²) >= 11 is 0. The Hall–Kier alpha value is -6.18. The van der Waals surface area contributed by atoms with Gasteiger partial charge in [-0.3, -0.25) is 9.59 Å². The third kappa shape index (κ3) is 7.86. The highest BCUT2D eigenvalue weighted by Gasteiger charge is 2.48. The second-order valence-electron chi connectivity index (χ2n) is 12.3. The van der Waals surface area contributed by atoms with E-state index in [1.165, 1.54) is 12.1 Å². The highest BCUT2D eigenvalue weighted by atomic mass is 16.7. The molecule has 2 heterocycles. The summed E-state index contributed by atoms with van der Waals surface area (Å²) in [6.07, 6.45) is -8.97. The van der Waals surface area contributed by atoms with Gasteiger partial charge in [-0.05, 0) is 47.5 Å². The van der Waals surface area contributed by atoms with Crippen LogP contribution in [0.2, 0.25) is 0 Å². The third-order valence-corrected chi connectivity index (χ3v) is 8.64. The van der Waals surface area contributed by atoms with Crippen LogP contribution in [0, 0.1) is 0 Å². The zero-order valence-electron chi connectivity index (χ0n) is 28.1. The van der Waals surface area contributed by atoms with Crippen LogP contribution in [0.1, 0.15) is 11.1 Å². The molecule has 5 N–H and O–H groups in total. The number of aliphatic hydroxyl groups is 3. The quantitative estimate of drug-likeness (QED) is 0.120. The number of aliphatic hydroxyl groups excluding tert-OH is 3. The molecule has 5 atom stereocenters. The molecule has 1 aliphatic rings. The highest BCUT2D eigenvalue weighted by Crippen LogP contribution is 2.44. The first-order valence-corrected chi connectivity index (χ1v) is 16.7. The number of nitrogens with one attached hydrogen (secondary N) is 1. The van der Waals surface area contributed by atoms with E-state index >= 15 is 0 Å². The van der Waals surface area contributed by atoms with Crippen molar-refractivity contribution in [1.29, 1.82) is 0 Å². The van der Waals surface area contributed by atoms with Crippen LogP contribution in [0.4, 0.5) is 5.69 Å². The van der Waals surface area contributed by atoms with Gasteiger partial charge in [0.1, 0.15) is 54.0 Å². The number of benzene rings is 5. The molecule has 0 aliphatic carbocycles. The van der Waals surface area contributed by atoms with Crippen LogP contribution in [0.25, 0.3) is 22.3 Å². The maximum atomic E-state index is 13.5. The van der Waals surface area contributed by atoms with Crippen molar-refractivity contribution < 1.29 is 48.6 Å². The van der Waals surface area contributed by atoms with Crippen LogP contribution in [0.5, 0.6) is 23.0 Å². The molecule has 0 spiro atoms. The maximum absolute atomic E-state index is 13.5. The van der Waals surface area contributed by atoms with Crippen molar-refractivity contribution in [1.82, 2.24) is 0 Å². The molecular formula is C41H35NO11. The van der Waals surface area contributed by atoms with E-state index in [0.717, 1.165) is 11.1 Å². The molecule has 53 heavy (non-hydrogen) atoms. The fourth-order valence-electron chi connectivity index (χ4n) is 5.84. The average Bonchev–Trinajstić information content (AvgIpc) is 3.18. The molecule has 1 amide bonds. The number of aromatic hydroxyl groups is 1. The number of phenols is 1. The number of amides is 1. The van der Waals surface area contributed by atoms with Gasteiger partial charge in [0.15, 0.2) is 23.0 Å². The highest BCUT2D eigenvalue weighted by molar-refractivity contribution is 5.94. The fraction of sp³-hybridized carbons (Fsp3) is 0.171. The largest absolute Gasteiger partial charge is 0.504 e. The SMILES string of the molecule is O=C(Nc1ccccc1)C1OC(Oc2cc3oc(-c4ccc(OCc5ccccc5)cc4)cc(=O)c3c(O)c2OCc2ccccc2)C(O)C(O)C1O. The number of ether oxygens (including phenoxy) is 4. The Kier molecular flexibility index (Phi) is 10.4. The van der Waals surface area contributed by atoms with E-state index in [1.54, 1.807) is 78.9 Å². The molecule has 1 aromatic heterocycles. The molecule has 1 saturated heterocycles. The van der Waals surface area contributed by atoms with Gasteiger partial charge in [-0.2, -0.15) is 0 Å². The molecule has 1 aliphatic heterocycles. The molecule has 1 fully saturated rings. The number of fused-ring (bicyclic) bond motifs is 1. The van der Waals surface area contributed by atoms with Gasteiger partial charge in [0.25, 0.3) is 5.91 Å². The molecule has 0 bridgehead atoms.